The van der Waals surface area contributed by atoms with Crippen LogP contribution in [0.5, 0.6) is 0 Å². The van der Waals surface area contributed by atoms with Gasteiger partial charge in [0.05, 0.1) is 6.54 Å². The Kier molecular flexibility index (Phi) is 6.53. The topological polar surface area (TPSA) is 25.2 Å². The van der Waals surface area contributed by atoms with E-state index in [9.17, 15) is 9.18 Å². The molecule has 146 valence electrons. The van der Waals surface area contributed by atoms with E-state index < -0.39 is 5.82 Å². The second-order valence-corrected chi connectivity index (χ2v) is 7.72. The number of nitrogens with zero attached hydrogens (tertiary/aromatic N) is 2. The van der Waals surface area contributed by atoms with Gasteiger partial charge in [0.25, 0.3) is 5.91 Å². The third-order valence-electron chi connectivity index (χ3n) is 4.52. The van der Waals surface area contributed by atoms with E-state index in [0.29, 0.717) is 31.1 Å². The molecule has 28 heavy (non-hydrogen) atoms. The zero-order valence-corrected chi connectivity index (χ0v) is 16.9. The monoisotopic (exact) mass is 398 g/mol. The molecule has 0 saturated carbocycles. The summed E-state index contributed by atoms with van der Waals surface area (Å²) in [5.74, 6) is -0.277. The van der Waals surface area contributed by atoms with E-state index in [2.05, 4.69) is 18.4 Å². The number of hydrogen-bond donors (Lipinski definition) is 0. The molecule has 3 nitrogen and oxygen atoms in total. The van der Waals surface area contributed by atoms with E-state index in [1.807, 2.05) is 42.6 Å². The molecule has 0 aliphatic rings. The lowest BCUT2D eigenvalue weighted by Gasteiger charge is -2.25. The molecule has 0 spiro atoms. The SMILES string of the molecule is CC(C)CN(Cc1cccn1Cc1ccccc1Cl)C(=O)c1cccc(F)c1. The molecule has 0 fully saturated rings. The first kappa shape index (κ1) is 20.2. The number of aromatic nitrogens is 1. The number of halogens is 2. The molecule has 5 heteroatoms. The molecule has 0 atom stereocenters. The summed E-state index contributed by atoms with van der Waals surface area (Å²) in [7, 11) is 0. The Morgan fingerprint density at radius 3 is 2.61 bits per heavy atom. The summed E-state index contributed by atoms with van der Waals surface area (Å²) in [6, 6.07) is 17.6. The molecular formula is C23H24ClFN2O. The van der Waals surface area contributed by atoms with Gasteiger partial charge in [0.1, 0.15) is 5.82 Å². The molecule has 3 aromatic rings. The van der Waals surface area contributed by atoms with Crippen molar-refractivity contribution in [3.63, 3.8) is 0 Å². The second kappa shape index (κ2) is 9.07. The summed E-state index contributed by atoms with van der Waals surface area (Å²) < 4.78 is 15.7. The lowest BCUT2D eigenvalue weighted by molar-refractivity contribution is 0.0718. The molecule has 0 N–H and O–H groups in total. The van der Waals surface area contributed by atoms with Crippen LogP contribution in [0.15, 0.2) is 66.9 Å². The third-order valence-corrected chi connectivity index (χ3v) is 4.89. The van der Waals surface area contributed by atoms with Crippen LogP contribution in [0.25, 0.3) is 0 Å². The van der Waals surface area contributed by atoms with Crippen LogP contribution in [0, 0.1) is 11.7 Å². The molecule has 0 aliphatic carbocycles. The van der Waals surface area contributed by atoms with Crippen LogP contribution in [0.1, 0.15) is 35.5 Å². The minimum atomic E-state index is -0.405. The standard InChI is InChI=1S/C23H24ClFN2O/c1-17(2)14-27(23(28)18-8-5-9-20(25)13-18)16-21-10-6-12-26(21)15-19-7-3-4-11-22(19)24/h3-13,17H,14-16H2,1-2H3. The average Bonchev–Trinajstić information content (AvgIpc) is 3.09. The van der Waals surface area contributed by atoms with Crippen LogP contribution >= 0.6 is 11.6 Å². The first-order chi connectivity index (χ1) is 13.4. The van der Waals surface area contributed by atoms with Crippen LogP contribution in [0.3, 0.4) is 0 Å². The summed E-state index contributed by atoms with van der Waals surface area (Å²) in [4.78, 5) is 14.8. The van der Waals surface area contributed by atoms with Crippen LogP contribution in [0.2, 0.25) is 5.02 Å². The summed E-state index contributed by atoms with van der Waals surface area (Å²) in [6.45, 7) is 5.80. The number of carbonyl (C=O) groups is 1. The Morgan fingerprint density at radius 2 is 1.89 bits per heavy atom. The van der Waals surface area contributed by atoms with Crippen molar-refractivity contribution in [1.82, 2.24) is 9.47 Å². The van der Waals surface area contributed by atoms with Gasteiger partial charge in [-0.2, -0.15) is 0 Å². The Labute approximate surface area is 170 Å². The van der Waals surface area contributed by atoms with Crippen molar-refractivity contribution in [1.29, 1.82) is 0 Å². The zero-order valence-electron chi connectivity index (χ0n) is 16.1. The van der Waals surface area contributed by atoms with Gasteiger partial charge in [0.15, 0.2) is 0 Å². The van der Waals surface area contributed by atoms with E-state index >= 15 is 0 Å². The van der Waals surface area contributed by atoms with Gasteiger partial charge >= 0.3 is 0 Å². The molecule has 1 aromatic heterocycles. The first-order valence-corrected chi connectivity index (χ1v) is 9.74. The summed E-state index contributed by atoms with van der Waals surface area (Å²) in [5, 5.41) is 0.719. The highest BCUT2D eigenvalue weighted by atomic mass is 35.5. The lowest BCUT2D eigenvalue weighted by Crippen LogP contribution is -2.34. The number of rotatable bonds is 7. The van der Waals surface area contributed by atoms with Gasteiger partial charge in [0.2, 0.25) is 0 Å². The third kappa shape index (κ3) is 5.02. The van der Waals surface area contributed by atoms with Gasteiger partial charge in [-0.3, -0.25) is 4.79 Å². The fourth-order valence-electron chi connectivity index (χ4n) is 3.22. The maximum atomic E-state index is 13.6. The highest BCUT2D eigenvalue weighted by Gasteiger charge is 2.19. The fraction of sp³-hybridized carbons (Fsp3) is 0.261. The molecule has 0 unspecified atom stereocenters. The van der Waals surface area contributed by atoms with Gasteiger partial charge < -0.3 is 9.47 Å². The van der Waals surface area contributed by atoms with Crippen molar-refractivity contribution in [3.8, 4) is 0 Å². The van der Waals surface area contributed by atoms with Crippen LogP contribution < -0.4 is 0 Å². The van der Waals surface area contributed by atoms with E-state index in [-0.39, 0.29) is 5.91 Å². The van der Waals surface area contributed by atoms with E-state index in [1.165, 1.54) is 12.1 Å². The zero-order chi connectivity index (χ0) is 20.1. The lowest BCUT2D eigenvalue weighted by atomic mass is 10.1. The first-order valence-electron chi connectivity index (χ1n) is 9.36. The van der Waals surface area contributed by atoms with Gasteiger partial charge in [-0.1, -0.05) is 49.7 Å². The molecule has 2 aromatic carbocycles. The number of amides is 1. The van der Waals surface area contributed by atoms with Gasteiger partial charge in [-0.15, -0.1) is 0 Å². The predicted molar refractivity (Wildman–Crippen MR) is 111 cm³/mol. The van der Waals surface area contributed by atoms with Crippen molar-refractivity contribution < 1.29 is 9.18 Å². The maximum Gasteiger partial charge on any atom is 0.254 e. The fourth-order valence-corrected chi connectivity index (χ4v) is 3.41. The molecule has 1 heterocycles. The van der Waals surface area contributed by atoms with Crippen molar-refractivity contribution in [3.05, 3.63) is 94.5 Å². The van der Waals surface area contributed by atoms with Crippen molar-refractivity contribution in [2.45, 2.75) is 26.9 Å². The van der Waals surface area contributed by atoms with Crippen LogP contribution in [-0.2, 0) is 13.1 Å². The molecule has 0 radical (unpaired) electrons. The molecule has 0 saturated heterocycles. The normalized spacial score (nSPS) is 11.0. The average molecular weight is 399 g/mol. The predicted octanol–water partition coefficient (Wildman–Crippen LogP) is 5.63. The molecular weight excluding hydrogens is 375 g/mol. The Morgan fingerprint density at radius 1 is 1.11 bits per heavy atom. The molecule has 0 aliphatic heterocycles. The van der Waals surface area contributed by atoms with E-state index in [0.717, 1.165) is 16.3 Å². The summed E-state index contributed by atoms with van der Waals surface area (Å²) in [6.07, 6.45) is 1.98. The quantitative estimate of drug-likeness (QED) is 0.506. The Bertz CT molecular complexity index is 951. The van der Waals surface area contributed by atoms with Crippen molar-refractivity contribution >= 4 is 17.5 Å². The van der Waals surface area contributed by atoms with Gasteiger partial charge in [-0.25, -0.2) is 4.39 Å². The maximum absolute atomic E-state index is 13.6. The summed E-state index contributed by atoms with van der Waals surface area (Å²) >= 11 is 6.30. The highest BCUT2D eigenvalue weighted by Crippen LogP contribution is 2.19. The highest BCUT2D eigenvalue weighted by molar-refractivity contribution is 6.31. The Hall–Kier alpha value is -2.59. The van der Waals surface area contributed by atoms with Crippen molar-refractivity contribution in [2.75, 3.05) is 6.54 Å². The van der Waals surface area contributed by atoms with Crippen LogP contribution in [-0.4, -0.2) is 21.9 Å². The second-order valence-electron chi connectivity index (χ2n) is 7.31. The van der Waals surface area contributed by atoms with Crippen LogP contribution in [0.4, 0.5) is 4.39 Å². The Balaban J connectivity index is 1.83. The minimum Gasteiger partial charge on any atom is -0.345 e. The largest absolute Gasteiger partial charge is 0.345 e. The smallest absolute Gasteiger partial charge is 0.254 e. The number of benzene rings is 2. The van der Waals surface area contributed by atoms with Crippen molar-refractivity contribution in [2.24, 2.45) is 5.92 Å². The molecule has 0 bridgehead atoms. The number of carbonyl (C=O) groups excluding carboxylic acids is 1. The molecule has 1 amide bonds. The van der Waals surface area contributed by atoms with Gasteiger partial charge in [-0.05, 0) is 47.9 Å². The van der Waals surface area contributed by atoms with Gasteiger partial charge in [0, 0.05) is 35.6 Å². The van der Waals surface area contributed by atoms with E-state index in [1.54, 1.807) is 17.0 Å². The minimum absolute atomic E-state index is 0.168. The number of hydrogen-bond acceptors (Lipinski definition) is 1. The molecule has 3 rings (SSSR count). The van der Waals surface area contributed by atoms with E-state index in [4.69, 9.17) is 11.6 Å². The summed E-state index contributed by atoms with van der Waals surface area (Å²) in [5.41, 5.74) is 2.39.